The zero-order valence-electron chi connectivity index (χ0n) is 12.4. The van der Waals surface area contributed by atoms with Crippen LogP contribution in [0.2, 0.25) is 0 Å². The van der Waals surface area contributed by atoms with Crippen LogP contribution in [0.1, 0.15) is 62.0 Å². The summed E-state index contributed by atoms with van der Waals surface area (Å²) in [7, 11) is 0. The maximum atomic E-state index is 6.30. The molecular weight excluding hydrogens is 244 g/mol. The topological polar surface area (TPSA) is 9.23 Å². The fourth-order valence-corrected chi connectivity index (χ4v) is 5.04. The number of fused-ring (bicyclic) bond motifs is 3. The molecule has 0 amide bonds. The minimum Gasteiger partial charge on any atom is -0.378 e. The lowest BCUT2D eigenvalue weighted by atomic mass is 9.66. The number of hydrogen-bond acceptors (Lipinski definition) is 1. The van der Waals surface area contributed by atoms with Gasteiger partial charge < -0.3 is 4.74 Å². The Kier molecular flexibility index (Phi) is 3.56. The molecule has 4 rings (SSSR count). The lowest BCUT2D eigenvalue weighted by molar-refractivity contribution is -0.0828. The lowest BCUT2D eigenvalue weighted by Crippen LogP contribution is -2.43. The molecular formula is C19H26O. The third-order valence-electron chi connectivity index (χ3n) is 5.99. The first-order valence-corrected chi connectivity index (χ1v) is 8.63. The Morgan fingerprint density at radius 2 is 1.75 bits per heavy atom. The van der Waals surface area contributed by atoms with E-state index in [-0.39, 0.29) is 0 Å². The number of aryl methyl sites for hydroxylation is 1. The quantitative estimate of drug-likeness (QED) is 0.718. The zero-order valence-corrected chi connectivity index (χ0v) is 12.4. The van der Waals surface area contributed by atoms with Crippen LogP contribution >= 0.6 is 0 Å². The molecule has 2 aliphatic carbocycles. The summed E-state index contributed by atoms with van der Waals surface area (Å²) in [6.45, 7) is 0.983. The molecule has 3 aliphatic rings. The van der Waals surface area contributed by atoms with E-state index in [2.05, 4.69) is 24.3 Å². The fraction of sp³-hybridized carbons (Fsp3) is 0.684. The van der Waals surface area contributed by atoms with Crippen molar-refractivity contribution < 1.29 is 4.74 Å². The van der Waals surface area contributed by atoms with Crippen molar-refractivity contribution in [3.05, 3.63) is 35.4 Å². The van der Waals surface area contributed by atoms with Gasteiger partial charge in [-0.05, 0) is 61.0 Å². The van der Waals surface area contributed by atoms with E-state index < -0.39 is 0 Å². The Balaban J connectivity index is 1.60. The van der Waals surface area contributed by atoms with Gasteiger partial charge in [-0.1, -0.05) is 43.5 Å². The van der Waals surface area contributed by atoms with Gasteiger partial charge in [-0.25, -0.2) is 0 Å². The van der Waals surface area contributed by atoms with Crippen molar-refractivity contribution in [2.45, 2.75) is 63.4 Å². The minimum atomic E-state index is 0.558. The Morgan fingerprint density at radius 3 is 2.65 bits per heavy atom. The van der Waals surface area contributed by atoms with Crippen LogP contribution in [0.4, 0.5) is 0 Å². The second kappa shape index (κ2) is 5.52. The van der Waals surface area contributed by atoms with Crippen LogP contribution in [0.25, 0.3) is 0 Å². The molecule has 2 fully saturated rings. The fourth-order valence-electron chi connectivity index (χ4n) is 5.04. The average molecular weight is 270 g/mol. The molecule has 0 unspecified atom stereocenters. The van der Waals surface area contributed by atoms with Gasteiger partial charge in [0, 0.05) is 6.61 Å². The molecule has 0 spiro atoms. The molecule has 1 aromatic carbocycles. The van der Waals surface area contributed by atoms with Crippen molar-refractivity contribution in [2.75, 3.05) is 6.61 Å². The summed E-state index contributed by atoms with van der Waals surface area (Å²) in [6, 6.07) is 9.16. The molecule has 1 heteroatoms. The Labute approximate surface area is 122 Å². The van der Waals surface area contributed by atoms with Crippen molar-refractivity contribution in [3.8, 4) is 0 Å². The Morgan fingerprint density at radius 1 is 0.900 bits per heavy atom. The van der Waals surface area contributed by atoms with Crippen LogP contribution in [0.5, 0.6) is 0 Å². The first-order valence-electron chi connectivity index (χ1n) is 8.63. The van der Waals surface area contributed by atoms with Gasteiger partial charge in [0.1, 0.15) is 0 Å². The highest BCUT2D eigenvalue weighted by Gasteiger charge is 2.41. The Bertz CT molecular complexity index is 461. The summed E-state index contributed by atoms with van der Waals surface area (Å²) in [6.07, 6.45) is 11.5. The standard InChI is InChI=1S/C19H26O/c1-2-7-15(8-3-1)19-18-11-10-14-6-4-5-9-16(14)17(18)12-13-20-19/h4-6,9,15,17-19H,1-3,7-8,10-13H2/t17-,18+,19+/m0/s1. The number of hydrogen-bond donors (Lipinski definition) is 0. The van der Waals surface area contributed by atoms with Crippen LogP contribution in [0.15, 0.2) is 24.3 Å². The maximum absolute atomic E-state index is 6.30. The van der Waals surface area contributed by atoms with E-state index in [0.29, 0.717) is 6.10 Å². The summed E-state index contributed by atoms with van der Waals surface area (Å²) >= 11 is 0. The van der Waals surface area contributed by atoms with E-state index in [1.165, 1.54) is 51.4 Å². The molecule has 1 heterocycles. The molecule has 20 heavy (non-hydrogen) atoms. The number of ether oxygens (including phenoxy) is 1. The predicted molar refractivity (Wildman–Crippen MR) is 81.9 cm³/mol. The average Bonchev–Trinajstić information content (AvgIpc) is 2.55. The van der Waals surface area contributed by atoms with Gasteiger partial charge in [0.2, 0.25) is 0 Å². The molecule has 0 N–H and O–H groups in total. The normalized spacial score (nSPS) is 34.3. The van der Waals surface area contributed by atoms with Crippen LogP contribution in [-0.2, 0) is 11.2 Å². The maximum Gasteiger partial charge on any atom is 0.0637 e. The predicted octanol–water partition coefficient (Wildman–Crippen LogP) is 4.70. The molecule has 0 bridgehead atoms. The molecule has 0 aromatic heterocycles. The van der Waals surface area contributed by atoms with Crippen molar-refractivity contribution in [2.24, 2.45) is 11.8 Å². The summed E-state index contributed by atoms with van der Waals surface area (Å²) in [4.78, 5) is 0. The summed E-state index contributed by atoms with van der Waals surface area (Å²) in [5, 5.41) is 0. The van der Waals surface area contributed by atoms with Crippen molar-refractivity contribution in [1.82, 2.24) is 0 Å². The van der Waals surface area contributed by atoms with Crippen LogP contribution in [0.3, 0.4) is 0 Å². The van der Waals surface area contributed by atoms with E-state index in [1.54, 1.807) is 11.1 Å². The van der Waals surface area contributed by atoms with Crippen LogP contribution in [-0.4, -0.2) is 12.7 Å². The van der Waals surface area contributed by atoms with E-state index in [0.717, 1.165) is 24.4 Å². The molecule has 1 aliphatic heterocycles. The van der Waals surface area contributed by atoms with Gasteiger partial charge >= 0.3 is 0 Å². The van der Waals surface area contributed by atoms with Crippen LogP contribution < -0.4 is 0 Å². The second-order valence-corrected chi connectivity index (χ2v) is 7.03. The molecule has 108 valence electrons. The molecule has 1 saturated carbocycles. The second-order valence-electron chi connectivity index (χ2n) is 7.03. The van der Waals surface area contributed by atoms with Gasteiger partial charge in [0.25, 0.3) is 0 Å². The molecule has 1 saturated heterocycles. The highest BCUT2D eigenvalue weighted by molar-refractivity contribution is 5.34. The van der Waals surface area contributed by atoms with Gasteiger partial charge in [0.15, 0.2) is 0 Å². The summed E-state index contributed by atoms with van der Waals surface area (Å²) < 4.78 is 6.30. The lowest BCUT2D eigenvalue weighted by Gasteiger charge is -2.46. The molecule has 3 atom stereocenters. The highest BCUT2D eigenvalue weighted by Crippen LogP contribution is 2.47. The van der Waals surface area contributed by atoms with Gasteiger partial charge in [0.05, 0.1) is 6.10 Å². The first kappa shape index (κ1) is 12.9. The number of rotatable bonds is 1. The zero-order chi connectivity index (χ0) is 13.4. The third kappa shape index (κ3) is 2.20. The van der Waals surface area contributed by atoms with Crippen molar-refractivity contribution in [1.29, 1.82) is 0 Å². The van der Waals surface area contributed by atoms with Crippen molar-refractivity contribution >= 4 is 0 Å². The van der Waals surface area contributed by atoms with E-state index in [9.17, 15) is 0 Å². The van der Waals surface area contributed by atoms with Gasteiger partial charge in [-0.15, -0.1) is 0 Å². The van der Waals surface area contributed by atoms with Gasteiger partial charge in [-0.2, -0.15) is 0 Å². The molecule has 0 radical (unpaired) electrons. The van der Waals surface area contributed by atoms with E-state index in [4.69, 9.17) is 4.74 Å². The monoisotopic (exact) mass is 270 g/mol. The summed E-state index contributed by atoms with van der Waals surface area (Å²) in [5.41, 5.74) is 3.26. The van der Waals surface area contributed by atoms with E-state index >= 15 is 0 Å². The minimum absolute atomic E-state index is 0.558. The smallest absolute Gasteiger partial charge is 0.0637 e. The number of benzene rings is 1. The first-order chi connectivity index (χ1) is 9.93. The largest absolute Gasteiger partial charge is 0.378 e. The van der Waals surface area contributed by atoms with Crippen molar-refractivity contribution in [3.63, 3.8) is 0 Å². The SMILES string of the molecule is c1ccc2c(c1)CC[C@H]1[C@@H](C3CCCCC3)OCC[C@@H]21. The third-order valence-corrected chi connectivity index (χ3v) is 5.99. The van der Waals surface area contributed by atoms with Gasteiger partial charge in [-0.3, -0.25) is 0 Å². The van der Waals surface area contributed by atoms with Crippen LogP contribution in [0, 0.1) is 11.8 Å². The van der Waals surface area contributed by atoms with E-state index in [1.807, 2.05) is 0 Å². The Hall–Kier alpha value is -0.820. The highest BCUT2D eigenvalue weighted by atomic mass is 16.5. The molecule has 1 aromatic rings. The molecule has 1 nitrogen and oxygen atoms in total. The summed E-state index contributed by atoms with van der Waals surface area (Å²) in [5.74, 6) is 2.42.